The van der Waals surface area contributed by atoms with Gasteiger partial charge in [0, 0.05) is 18.1 Å². The van der Waals surface area contributed by atoms with Crippen LogP contribution in [0.4, 0.5) is 0 Å². The monoisotopic (exact) mass is 422 g/mol. The van der Waals surface area contributed by atoms with E-state index in [1.807, 2.05) is 5.59 Å². The molecule has 8 nitrogen and oxygen atoms in total. The van der Waals surface area contributed by atoms with Crippen LogP contribution in [0.5, 0.6) is 0 Å². The van der Waals surface area contributed by atoms with Crippen molar-refractivity contribution in [3.05, 3.63) is 5.59 Å². The molecule has 0 aromatic carbocycles. The number of hydrogen-bond donors (Lipinski definition) is 4. The first-order valence-electron chi connectivity index (χ1n) is 12.9. The Morgan fingerprint density at radius 3 is 1.68 bits per heavy atom. The number of aliphatic hydroxyl groups excluding tert-OH is 1. The number of aliphatic hydroxyl groups is 1. The Hall–Kier alpha value is -0.220. The Morgan fingerprint density at radius 1 is 1.04 bits per heavy atom. The van der Waals surface area contributed by atoms with Crippen LogP contribution in [-0.2, 0) is 14.3 Å². The fourth-order valence-corrected chi connectivity index (χ4v) is 2.68. The van der Waals surface area contributed by atoms with Crippen molar-refractivity contribution in [3.8, 4) is 0 Å². The van der Waals surface area contributed by atoms with Crippen LogP contribution in [0.15, 0.2) is 0 Å². The van der Waals surface area contributed by atoms with Crippen LogP contribution < -0.4 is 35.4 Å². The second kappa shape index (κ2) is 21.5. The Balaban J connectivity index is -0.000000504. The molecule has 0 heterocycles. The molecule has 0 radical (unpaired) electrons. The average Bonchev–Trinajstić information content (AvgIpc) is 2.76. The number of carbonyl (C=O) groups excluding carboxylic acids is 1. The molecule has 0 aromatic rings. The molecule has 2 aliphatic rings. The molecule has 0 saturated heterocycles. The Bertz CT molecular complexity index is 624. The van der Waals surface area contributed by atoms with Crippen LogP contribution in [0, 0.1) is 23.6 Å². The first-order chi connectivity index (χ1) is 16.0. The minimum Gasteiger partial charge on any atom is -0.488 e. The van der Waals surface area contributed by atoms with E-state index in [0.29, 0.717) is 32.3 Å². The summed E-state index contributed by atoms with van der Waals surface area (Å²) in [5, 5.41) is 22.7. The van der Waals surface area contributed by atoms with Gasteiger partial charge in [0.15, 0.2) is 0 Å². The summed E-state index contributed by atoms with van der Waals surface area (Å²) < 4.78 is 64.0. The van der Waals surface area contributed by atoms with E-state index in [4.69, 9.17) is 31.1 Å². The standard InChI is InChI=1S/C10H18O2.C8H14O2.CH4O.H3N2O.Na/c1-3-12-10(11)9-6-4-8(2)5-7-9;1-6-2-4-7(5-3-6)8(9)10;1-2;1-2-3;/h8-9H,3-7H2,1-2H3;6-7H,2-5H2,1H3,(H,9,10);2H,1H3;3H,1H2;/q;;;-1;+1/i2D3,8D;1D3,6D;;;. The molecular formula is C19H39N2NaO6. The van der Waals surface area contributed by atoms with E-state index in [1.54, 1.807) is 6.92 Å². The second-order valence-corrected chi connectivity index (χ2v) is 5.96. The van der Waals surface area contributed by atoms with Crippen LogP contribution in [-0.4, -0.2) is 41.1 Å². The van der Waals surface area contributed by atoms with Gasteiger partial charge in [-0.25, -0.2) is 0 Å². The second-order valence-electron chi connectivity index (χ2n) is 5.96. The summed E-state index contributed by atoms with van der Waals surface area (Å²) >= 11 is 0. The molecule has 0 atom stereocenters. The molecule has 0 bridgehead atoms. The maximum Gasteiger partial charge on any atom is 1.00 e. The zero-order chi connectivity index (χ0) is 28.1. The van der Waals surface area contributed by atoms with Crippen molar-refractivity contribution in [2.45, 2.75) is 72.0 Å². The molecule has 0 amide bonds. The summed E-state index contributed by atoms with van der Waals surface area (Å²) in [6.45, 7) is -2.46. The van der Waals surface area contributed by atoms with Crippen molar-refractivity contribution in [2.75, 3.05) is 13.7 Å². The summed E-state index contributed by atoms with van der Waals surface area (Å²) in [4.78, 5) is 22.0. The van der Waals surface area contributed by atoms with E-state index in [9.17, 15) is 9.59 Å². The Labute approximate surface area is 203 Å². The Kier molecular flexibility index (Phi) is 14.2. The van der Waals surface area contributed by atoms with E-state index in [1.165, 1.54) is 0 Å². The minimum absolute atomic E-state index is 0. The third kappa shape index (κ3) is 16.7. The topological polar surface area (TPSA) is 144 Å². The van der Waals surface area contributed by atoms with Crippen molar-refractivity contribution >= 4 is 11.9 Å². The van der Waals surface area contributed by atoms with Crippen LogP contribution >= 0.6 is 0 Å². The zero-order valence-electron chi connectivity index (χ0n) is 25.1. The third-order valence-corrected chi connectivity index (χ3v) is 4.15. The summed E-state index contributed by atoms with van der Waals surface area (Å²) in [7, 11) is 1.00. The van der Waals surface area contributed by atoms with Gasteiger partial charge < -0.3 is 31.6 Å². The van der Waals surface area contributed by atoms with E-state index in [0.717, 1.165) is 7.11 Å². The molecule has 2 aliphatic carbocycles. The van der Waals surface area contributed by atoms with Gasteiger partial charge in [0.2, 0.25) is 0 Å². The van der Waals surface area contributed by atoms with Gasteiger partial charge in [-0.05, 0) is 70.1 Å². The Morgan fingerprint density at radius 2 is 1.39 bits per heavy atom. The fourth-order valence-electron chi connectivity index (χ4n) is 2.68. The number of rotatable bonds is 3. The number of ether oxygens (including phenoxy) is 1. The third-order valence-electron chi connectivity index (χ3n) is 4.15. The molecule has 9 heteroatoms. The first-order valence-corrected chi connectivity index (χ1v) is 8.86. The van der Waals surface area contributed by atoms with Crippen LogP contribution in [0.3, 0.4) is 0 Å². The summed E-state index contributed by atoms with van der Waals surface area (Å²) in [5.74, 6) is -0.598. The van der Waals surface area contributed by atoms with Crippen molar-refractivity contribution in [1.29, 1.82) is 0 Å². The summed E-state index contributed by atoms with van der Waals surface area (Å²) in [6.07, 6.45) is 2.29. The quantitative estimate of drug-likeness (QED) is 0.224. The number of carboxylic acid groups (broad SMARTS) is 1. The molecule has 0 unspecified atom stereocenters. The van der Waals surface area contributed by atoms with Gasteiger partial charge in [0.25, 0.3) is 0 Å². The van der Waals surface area contributed by atoms with Gasteiger partial charge in [-0.2, -0.15) is 0 Å². The smallest absolute Gasteiger partial charge is 0.488 e. The predicted octanol–water partition coefficient (Wildman–Crippen LogP) is 0.509. The SMILES string of the molecule is CO.N[N-]O.[2H]C([2H])([2H])C1([2H])CCC(C(=O)O)CC1.[2H]C([2H])([2H])C1([2H])CCC(C(=O)OCC)CC1.[Na+]. The van der Waals surface area contributed by atoms with E-state index < -0.39 is 37.4 Å². The van der Waals surface area contributed by atoms with Gasteiger partial charge in [0.05, 0.1) is 18.4 Å². The van der Waals surface area contributed by atoms with Crippen molar-refractivity contribution < 1.29 is 70.3 Å². The molecular weight excluding hydrogens is 375 g/mol. The fraction of sp³-hybridized carbons (Fsp3) is 0.895. The van der Waals surface area contributed by atoms with Crippen molar-refractivity contribution in [2.24, 2.45) is 29.5 Å². The number of nitrogens with two attached hydrogens (primary N) is 1. The van der Waals surface area contributed by atoms with Crippen LogP contribution in [0.1, 0.15) is 83.0 Å². The molecule has 2 fully saturated rings. The maximum absolute atomic E-state index is 11.4. The number of esters is 1. The molecule has 2 saturated carbocycles. The largest absolute Gasteiger partial charge is 1.00 e. The molecule has 0 spiro atoms. The van der Waals surface area contributed by atoms with Crippen molar-refractivity contribution in [1.82, 2.24) is 0 Å². The van der Waals surface area contributed by atoms with Gasteiger partial charge >= 0.3 is 41.5 Å². The number of carboxylic acids is 1. The van der Waals surface area contributed by atoms with E-state index >= 15 is 0 Å². The van der Waals surface area contributed by atoms with E-state index in [-0.39, 0.29) is 67.1 Å². The van der Waals surface area contributed by atoms with Crippen molar-refractivity contribution in [3.63, 3.8) is 0 Å². The average molecular weight is 423 g/mol. The summed E-state index contributed by atoms with van der Waals surface area (Å²) in [6, 6.07) is 0. The number of aliphatic carboxylic acids is 1. The molecule has 2 rings (SSSR count). The normalized spacial score (nSPS) is 36.0. The van der Waals surface area contributed by atoms with Crippen LogP contribution in [0.2, 0.25) is 0 Å². The minimum atomic E-state index is -2.30. The number of carbonyl (C=O) groups is 2. The van der Waals surface area contributed by atoms with Gasteiger partial charge in [-0.1, -0.05) is 13.7 Å². The molecule has 162 valence electrons. The van der Waals surface area contributed by atoms with Crippen LogP contribution in [0.25, 0.3) is 5.59 Å². The first kappa shape index (κ1) is 18.5. The molecule has 5 N–H and O–H groups in total. The van der Waals surface area contributed by atoms with Gasteiger partial charge in [-0.3, -0.25) is 9.59 Å². The van der Waals surface area contributed by atoms with Gasteiger partial charge in [0.1, 0.15) is 0 Å². The zero-order valence-corrected chi connectivity index (χ0v) is 19.1. The predicted molar refractivity (Wildman–Crippen MR) is 104 cm³/mol. The maximum atomic E-state index is 11.4. The molecule has 0 aliphatic heterocycles. The summed E-state index contributed by atoms with van der Waals surface area (Å²) in [5.41, 5.74) is 2.00. The molecule has 0 aromatic heterocycles. The molecule has 28 heavy (non-hydrogen) atoms. The number of hydrogen-bond acceptors (Lipinski definition) is 6. The van der Waals surface area contributed by atoms with Gasteiger partial charge in [-0.15, -0.1) is 0 Å². The number of nitrogens with zero attached hydrogens (tertiary/aromatic N) is 1. The van der Waals surface area contributed by atoms with E-state index in [2.05, 4.69) is 5.84 Å².